The first-order valence-electron chi connectivity index (χ1n) is 7.73. The van der Waals surface area contributed by atoms with Gasteiger partial charge in [-0.1, -0.05) is 29.8 Å². The lowest BCUT2D eigenvalue weighted by atomic mass is 10.1. The third-order valence-electron chi connectivity index (χ3n) is 4.18. The highest BCUT2D eigenvalue weighted by molar-refractivity contribution is 9.10. The molecule has 1 aromatic heterocycles. The van der Waals surface area contributed by atoms with E-state index in [0.29, 0.717) is 0 Å². The van der Waals surface area contributed by atoms with Crippen LogP contribution in [0.3, 0.4) is 0 Å². The van der Waals surface area contributed by atoms with Gasteiger partial charge in [-0.05, 0) is 52.7 Å². The second-order valence-electron chi connectivity index (χ2n) is 5.86. The minimum absolute atomic E-state index is 0.917. The summed E-state index contributed by atoms with van der Waals surface area (Å²) in [6, 6.07) is 17.3. The summed E-state index contributed by atoms with van der Waals surface area (Å²) >= 11 is 5.66. The molecule has 3 aromatic rings. The maximum Gasteiger partial charge on any atom is 0.130 e. The van der Waals surface area contributed by atoms with Gasteiger partial charge in [0.05, 0.1) is 5.52 Å². The van der Waals surface area contributed by atoms with Gasteiger partial charge in [0.15, 0.2) is 0 Å². The molecule has 2 aromatic carbocycles. The quantitative estimate of drug-likeness (QED) is 0.557. The highest BCUT2D eigenvalue weighted by Gasteiger charge is 2.17. The molecular weight excluding hydrogens is 368 g/mol. The maximum absolute atomic E-state index is 4.90. The summed E-state index contributed by atoms with van der Waals surface area (Å²) in [5.74, 6) is 2.13. The standard InChI is InChI=1S/C19H17BrN2S/c1-13-6-7-17-15(10-13)16(20)11-19(21-17)22-8-9-23-18-5-3-2-4-14(18)12-22/h2-7,10-11H,8-9,12H2,1H3. The summed E-state index contributed by atoms with van der Waals surface area (Å²) in [6.45, 7) is 4.04. The summed E-state index contributed by atoms with van der Waals surface area (Å²) in [5.41, 5.74) is 3.69. The summed E-state index contributed by atoms with van der Waals surface area (Å²) in [5, 5.41) is 1.18. The number of aromatic nitrogens is 1. The molecule has 2 nitrogen and oxygen atoms in total. The van der Waals surface area contributed by atoms with E-state index in [1.165, 1.54) is 21.4 Å². The molecule has 1 aliphatic heterocycles. The van der Waals surface area contributed by atoms with Crippen LogP contribution in [0.4, 0.5) is 5.82 Å². The highest BCUT2D eigenvalue weighted by Crippen LogP contribution is 2.32. The molecule has 0 atom stereocenters. The first kappa shape index (κ1) is 15.0. The van der Waals surface area contributed by atoms with Gasteiger partial charge in [-0.15, -0.1) is 11.8 Å². The number of thioether (sulfide) groups is 1. The van der Waals surface area contributed by atoms with Gasteiger partial charge < -0.3 is 4.90 Å². The van der Waals surface area contributed by atoms with Gasteiger partial charge in [-0.2, -0.15) is 0 Å². The highest BCUT2D eigenvalue weighted by atomic mass is 79.9. The molecule has 0 saturated heterocycles. The summed E-state index contributed by atoms with van der Waals surface area (Å²) < 4.78 is 1.12. The van der Waals surface area contributed by atoms with Gasteiger partial charge in [0.25, 0.3) is 0 Å². The summed E-state index contributed by atoms with van der Waals surface area (Å²) in [4.78, 5) is 8.67. The van der Waals surface area contributed by atoms with E-state index in [2.05, 4.69) is 76.3 Å². The Morgan fingerprint density at radius 3 is 2.91 bits per heavy atom. The van der Waals surface area contributed by atoms with Crippen LogP contribution in [0.2, 0.25) is 0 Å². The van der Waals surface area contributed by atoms with E-state index in [-0.39, 0.29) is 0 Å². The number of aryl methyl sites for hydroxylation is 1. The minimum Gasteiger partial charge on any atom is -0.351 e. The van der Waals surface area contributed by atoms with Gasteiger partial charge in [0.1, 0.15) is 5.82 Å². The number of halogens is 1. The van der Waals surface area contributed by atoms with Gasteiger partial charge >= 0.3 is 0 Å². The Bertz CT molecular complexity index is 878. The number of pyridine rings is 1. The van der Waals surface area contributed by atoms with Crippen LogP contribution in [0.5, 0.6) is 0 Å². The third kappa shape index (κ3) is 2.98. The Hall–Kier alpha value is -1.52. The molecule has 0 aliphatic carbocycles. The van der Waals surface area contributed by atoms with Gasteiger partial charge in [-0.25, -0.2) is 4.98 Å². The van der Waals surface area contributed by atoms with Crippen molar-refractivity contribution in [1.29, 1.82) is 0 Å². The van der Waals surface area contributed by atoms with Crippen molar-refractivity contribution in [3.05, 3.63) is 64.1 Å². The zero-order valence-electron chi connectivity index (χ0n) is 12.9. The average molecular weight is 385 g/mol. The van der Waals surface area contributed by atoms with E-state index < -0.39 is 0 Å². The lowest BCUT2D eigenvalue weighted by Crippen LogP contribution is -2.24. The van der Waals surface area contributed by atoms with Crippen LogP contribution in [0, 0.1) is 6.92 Å². The van der Waals surface area contributed by atoms with Crippen molar-refractivity contribution >= 4 is 44.4 Å². The number of hydrogen-bond donors (Lipinski definition) is 0. The van der Waals surface area contributed by atoms with Crippen molar-refractivity contribution < 1.29 is 0 Å². The van der Waals surface area contributed by atoms with E-state index in [0.717, 1.165) is 34.6 Å². The second kappa shape index (κ2) is 6.17. The first-order chi connectivity index (χ1) is 11.2. The van der Waals surface area contributed by atoms with E-state index in [1.807, 2.05) is 11.8 Å². The molecule has 0 spiro atoms. The predicted molar refractivity (Wildman–Crippen MR) is 102 cm³/mol. The largest absolute Gasteiger partial charge is 0.351 e. The molecule has 4 heteroatoms. The Kier molecular flexibility index (Phi) is 4.04. The molecule has 0 bridgehead atoms. The molecule has 2 heterocycles. The van der Waals surface area contributed by atoms with Gasteiger partial charge in [0.2, 0.25) is 0 Å². The Morgan fingerprint density at radius 1 is 1.13 bits per heavy atom. The number of hydrogen-bond acceptors (Lipinski definition) is 3. The normalized spacial score (nSPS) is 14.6. The summed E-state index contributed by atoms with van der Waals surface area (Å²) in [6.07, 6.45) is 0. The smallest absolute Gasteiger partial charge is 0.130 e. The topological polar surface area (TPSA) is 16.1 Å². The molecule has 0 fully saturated rings. The Morgan fingerprint density at radius 2 is 2.00 bits per heavy atom. The van der Waals surface area contributed by atoms with Gasteiger partial charge in [0, 0.05) is 33.6 Å². The van der Waals surface area contributed by atoms with Crippen molar-refractivity contribution in [2.45, 2.75) is 18.4 Å². The van der Waals surface area contributed by atoms with Crippen LogP contribution >= 0.6 is 27.7 Å². The average Bonchev–Trinajstić information content (AvgIpc) is 2.77. The first-order valence-corrected chi connectivity index (χ1v) is 9.51. The zero-order chi connectivity index (χ0) is 15.8. The van der Waals surface area contributed by atoms with Crippen LogP contribution in [0.1, 0.15) is 11.1 Å². The van der Waals surface area contributed by atoms with E-state index in [4.69, 9.17) is 4.98 Å². The van der Waals surface area contributed by atoms with Crippen molar-refractivity contribution in [2.24, 2.45) is 0 Å². The Labute approximate surface area is 149 Å². The number of fused-ring (bicyclic) bond motifs is 2. The summed E-state index contributed by atoms with van der Waals surface area (Å²) in [7, 11) is 0. The fourth-order valence-corrected chi connectivity index (χ4v) is 4.52. The van der Waals surface area contributed by atoms with Crippen molar-refractivity contribution in [1.82, 2.24) is 4.98 Å². The number of rotatable bonds is 1. The van der Waals surface area contributed by atoms with Crippen molar-refractivity contribution in [3.63, 3.8) is 0 Å². The monoisotopic (exact) mass is 384 g/mol. The van der Waals surface area contributed by atoms with E-state index >= 15 is 0 Å². The lowest BCUT2D eigenvalue weighted by molar-refractivity contribution is 0.821. The van der Waals surface area contributed by atoms with E-state index in [9.17, 15) is 0 Å². The zero-order valence-corrected chi connectivity index (χ0v) is 15.3. The SMILES string of the molecule is Cc1ccc2nc(N3CCSc4ccccc4C3)cc(Br)c2c1. The molecule has 0 amide bonds. The van der Waals surface area contributed by atoms with Crippen molar-refractivity contribution in [3.8, 4) is 0 Å². The van der Waals surface area contributed by atoms with Crippen LogP contribution in [0.15, 0.2) is 57.9 Å². The minimum atomic E-state index is 0.917. The molecule has 1 aliphatic rings. The van der Waals surface area contributed by atoms with Gasteiger partial charge in [-0.3, -0.25) is 0 Å². The van der Waals surface area contributed by atoms with Crippen LogP contribution in [-0.2, 0) is 6.54 Å². The number of nitrogens with zero attached hydrogens (tertiary/aromatic N) is 2. The number of benzene rings is 2. The molecule has 23 heavy (non-hydrogen) atoms. The lowest BCUT2D eigenvalue weighted by Gasteiger charge is -2.22. The third-order valence-corrected chi connectivity index (χ3v) is 5.93. The molecule has 0 unspecified atom stereocenters. The number of anilines is 1. The fraction of sp³-hybridized carbons (Fsp3) is 0.211. The van der Waals surface area contributed by atoms with Crippen LogP contribution < -0.4 is 4.90 Å². The van der Waals surface area contributed by atoms with Crippen molar-refractivity contribution in [2.75, 3.05) is 17.2 Å². The molecule has 0 saturated carbocycles. The van der Waals surface area contributed by atoms with E-state index in [1.54, 1.807) is 0 Å². The maximum atomic E-state index is 4.90. The molecular formula is C19H17BrN2S. The van der Waals surface area contributed by atoms with Crippen LogP contribution in [0.25, 0.3) is 10.9 Å². The molecule has 0 radical (unpaired) electrons. The molecule has 116 valence electrons. The Balaban J connectivity index is 1.75. The second-order valence-corrected chi connectivity index (χ2v) is 7.85. The predicted octanol–water partition coefficient (Wildman–Crippen LogP) is 5.42. The molecule has 4 rings (SSSR count). The fourth-order valence-electron chi connectivity index (χ4n) is 2.97. The van der Waals surface area contributed by atoms with Crippen LogP contribution in [-0.4, -0.2) is 17.3 Å². The molecule has 0 N–H and O–H groups in total.